The van der Waals surface area contributed by atoms with Gasteiger partial charge in [-0.15, -0.1) is 12.4 Å². The second-order valence-electron chi connectivity index (χ2n) is 3.26. The lowest BCUT2D eigenvalue weighted by Gasteiger charge is -2.37. The summed E-state index contributed by atoms with van der Waals surface area (Å²) in [6.45, 7) is 0.602. The van der Waals surface area contributed by atoms with Gasteiger partial charge in [-0.25, -0.2) is 4.79 Å². The number of likely N-dealkylation sites (tertiary alicyclic amines) is 1. The van der Waals surface area contributed by atoms with Crippen LogP contribution < -0.4 is 5.73 Å². The predicted molar refractivity (Wildman–Crippen MR) is 54.7 cm³/mol. The van der Waals surface area contributed by atoms with E-state index in [1.54, 1.807) is 0 Å². The van der Waals surface area contributed by atoms with Gasteiger partial charge in [-0.2, -0.15) is 0 Å². The number of rotatable bonds is 5. The van der Waals surface area contributed by atoms with Crippen molar-refractivity contribution in [3.05, 3.63) is 0 Å². The molecule has 88 valence electrons. The van der Waals surface area contributed by atoms with E-state index < -0.39 is 18.1 Å². The molecule has 0 aromatic rings. The van der Waals surface area contributed by atoms with Gasteiger partial charge in [0.2, 0.25) is 5.91 Å². The normalized spacial score (nSPS) is 18.8. The summed E-state index contributed by atoms with van der Waals surface area (Å²) >= 11 is 0. The van der Waals surface area contributed by atoms with Gasteiger partial charge in [0, 0.05) is 13.0 Å². The highest BCUT2D eigenvalue weighted by Crippen LogP contribution is 2.17. The fraction of sp³-hybridized carbons (Fsp3) is 0.750. The van der Waals surface area contributed by atoms with E-state index in [-0.39, 0.29) is 31.3 Å². The van der Waals surface area contributed by atoms with Gasteiger partial charge in [0.25, 0.3) is 0 Å². The average Bonchev–Trinajstić information content (AvgIpc) is 2.11. The van der Waals surface area contributed by atoms with E-state index in [9.17, 15) is 14.7 Å². The van der Waals surface area contributed by atoms with Crippen LogP contribution in [-0.2, 0) is 9.59 Å². The number of carbonyl (C=O) groups excluding carboxylic acids is 1. The van der Waals surface area contributed by atoms with Crippen LogP contribution in [0.15, 0.2) is 0 Å². The van der Waals surface area contributed by atoms with Crippen molar-refractivity contribution in [2.45, 2.75) is 25.0 Å². The number of aliphatic carboxylic acids is 1. The van der Waals surface area contributed by atoms with Crippen molar-refractivity contribution in [3.8, 4) is 0 Å². The Bertz CT molecular complexity index is 249. The lowest BCUT2D eigenvalue weighted by Crippen LogP contribution is -2.58. The number of amides is 1. The maximum Gasteiger partial charge on any atom is 0.329 e. The molecule has 1 fully saturated rings. The van der Waals surface area contributed by atoms with Gasteiger partial charge in [0.05, 0.1) is 6.10 Å². The summed E-state index contributed by atoms with van der Waals surface area (Å²) in [5.74, 6) is -1.41. The maximum atomic E-state index is 11.0. The van der Waals surface area contributed by atoms with Gasteiger partial charge in [-0.05, 0) is 13.0 Å². The zero-order valence-corrected chi connectivity index (χ0v) is 8.94. The summed E-state index contributed by atoms with van der Waals surface area (Å²) in [6.07, 6.45) is -0.540. The summed E-state index contributed by atoms with van der Waals surface area (Å²) in [7, 11) is 0. The van der Waals surface area contributed by atoms with Gasteiger partial charge >= 0.3 is 5.97 Å². The number of nitrogens with two attached hydrogens (primary N) is 1. The van der Waals surface area contributed by atoms with Crippen molar-refractivity contribution in [3.63, 3.8) is 0 Å². The smallest absolute Gasteiger partial charge is 0.329 e. The Morgan fingerprint density at radius 3 is 2.47 bits per heavy atom. The van der Waals surface area contributed by atoms with Gasteiger partial charge in [0.15, 0.2) is 6.04 Å². The first kappa shape index (κ1) is 14.2. The van der Waals surface area contributed by atoms with E-state index in [2.05, 4.69) is 0 Å². The highest BCUT2D eigenvalue weighted by Gasteiger charge is 2.39. The summed E-state index contributed by atoms with van der Waals surface area (Å²) in [4.78, 5) is 23.0. The van der Waals surface area contributed by atoms with Gasteiger partial charge in [0.1, 0.15) is 0 Å². The highest BCUT2D eigenvalue weighted by molar-refractivity contribution is 5.88. The second kappa shape index (κ2) is 5.89. The van der Waals surface area contributed by atoms with Crippen LogP contribution in [0.25, 0.3) is 0 Å². The molecule has 0 aromatic heterocycles. The molecule has 2 atom stereocenters. The van der Waals surface area contributed by atoms with E-state index in [1.165, 1.54) is 4.90 Å². The number of hydrogen-bond donors (Lipinski definition) is 3. The number of aliphatic hydroxyl groups excluding tert-OH is 1. The lowest BCUT2D eigenvalue weighted by molar-refractivity contribution is -0.162. The number of nitrogens with zero attached hydrogens (tertiary/aromatic N) is 1. The Hall–Kier alpha value is -0.850. The molecular weight excluding hydrogens is 224 g/mol. The van der Waals surface area contributed by atoms with Gasteiger partial charge in [-0.3, -0.25) is 4.79 Å². The SMILES string of the molecule is Cl.NCC[C@@H](O)[C@@H](C(=O)O)N1CCC1=O. The minimum atomic E-state index is -1.18. The maximum absolute atomic E-state index is 11.0. The first-order valence-electron chi connectivity index (χ1n) is 4.48. The lowest BCUT2D eigenvalue weighted by atomic mass is 10.0. The minimum absolute atomic E-state index is 0. The zero-order chi connectivity index (χ0) is 10.7. The fourth-order valence-corrected chi connectivity index (χ4v) is 1.46. The number of carboxylic acids is 1. The van der Waals surface area contributed by atoms with Crippen molar-refractivity contribution in [1.82, 2.24) is 4.90 Å². The van der Waals surface area contributed by atoms with E-state index in [0.717, 1.165) is 0 Å². The Morgan fingerprint density at radius 1 is 1.60 bits per heavy atom. The average molecular weight is 239 g/mol. The summed E-state index contributed by atoms with van der Waals surface area (Å²) < 4.78 is 0. The molecule has 0 bridgehead atoms. The number of aliphatic hydroxyl groups is 1. The van der Waals surface area contributed by atoms with Crippen LogP contribution in [0.1, 0.15) is 12.8 Å². The number of halogens is 1. The molecule has 0 radical (unpaired) electrons. The van der Waals surface area contributed by atoms with Crippen molar-refractivity contribution >= 4 is 24.3 Å². The van der Waals surface area contributed by atoms with Crippen LogP contribution in [-0.4, -0.2) is 52.2 Å². The minimum Gasteiger partial charge on any atom is -0.480 e. The largest absolute Gasteiger partial charge is 0.480 e. The Morgan fingerprint density at radius 2 is 2.20 bits per heavy atom. The van der Waals surface area contributed by atoms with Crippen LogP contribution in [0.5, 0.6) is 0 Å². The summed E-state index contributed by atoms with van der Waals surface area (Å²) in [5, 5.41) is 18.3. The third kappa shape index (κ3) is 3.05. The van der Waals surface area contributed by atoms with Crippen molar-refractivity contribution in [2.24, 2.45) is 5.73 Å². The van der Waals surface area contributed by atoms with E-state index in [0.29, 0.717) is 13.0 Å². The standard InChI is InChI=1S/C8H14N2O4.ClH/c9-3-1-5(11)7(8(13)14)10-4-2-6(10)12;/h5,7,11H,1-4,9H2,(H,13,14);1H/t5-,7+;/m1./s1. The molecular formula is C8H15ClN2O4. The third-order valence-corrected chi connectivity index (χ3v) is 2.30. The molecule has 4 N–H and O–H groups in total. The van der Waals surface area contributed by atoms with E-state index >= 15 is 0 Å². The van der Waals surface area contributed by atoms with Crippen LogP contribution >= 0.6 is 12.4 Å². The fourth-order valence-electron chi connectivity index (χ4n) is 1.46. The molecule has 6 nitrogen and oxygen atoms in total. The summed E-state index contributed by atoms with van der Waals surface area (Å²) in [6, 6.07) is -1.14. The molecule has 0 unspecified atom stereocenters. The topological polar surface area (TPSA) is 104 Å². The van der Waals surface area contributed by atoms with Gasteiger partial charge < -0.3 is 20.8 Å². The molecule has 1 aliphatic rings. The number of carbonyl (C=O) groups is 2. The molecule has 1 rings (SSSR count). The molecule has 7 heteroatoms. The van der Waals surface area contributed by atoms with E-state index in [4.69, 9.17) is 10.8 Å². The molecule has 15 heavy (non-hydrogen) atoms. The summed E-state index contributed by atoms with van der Waals surface area (Å²) in [5.41, 5.74) is 5.21. The zero-order valence-electron chi connectivity index (χ0n) is 8.13. The first-order valence-corrected chi connectivity index (χ1v) is 4.48. The van der Waals surface area contributed by atoms with Crippen LogP contribution in [0, 0.1) is 0 Å². The molecule has 0 spiro atoms. The molecule has 1 heterocycles. The second-order valence-corrected chi connectivity index (χ2v) is 3.26. The van der Waals surface area contributed by atoms with Crippen molar-refractivity contribution in [1.29, 1.82) is 0 Å². The number of carboxylic acid groups (broad SMARTS) is 1. The van der Waals surface area contributed by atoms with Gasteiger partial charge in [-0.1, -0.05) is 0 Å². The molecule has 1 saturated heterocycles. The van der Waals surface area contributed by atoms with Crippen LogP contribution in [0.3, 0.4) is 0 Å². The molecule has 1 amide bonds. The van der Waals surface area contributed by atoms with Crippen molar-refractivity contribution in [2.75, 3.05) is 13.1 Å². The number of hydrogen-bond acceptors (Lipinski definition) is 4. The Labute approximate surface area is 93.5 Å². The monoisotopic (exact) mass is 238 g/mol. The Kier molecular flexibility index (Phi) is 5.56. The first-order chi connectivity index (χ1) is 6.57. The predicted octanol–water partition coefficient (Wildman–Crippen LogP) is -1.20. The number of β-lactam (4-membered cyclic amide) rings is 1. The quantitative estimate of drug-likeness (QED) is 0.522. The molecule has 0 saturated carbocycles. The van der Waals surface area contributed by atoms with Crippen LogP contribution in [0.2, 0.25) is 0 Å². The highest BCUT2D eigenvalue weighted by atomic mass is 35.5. The van der Waals surface area contributed by atoms with E-state index in [1.807, 2.05) is 0 Å². The molecule has 0 aliphatic carbocycles. The molecule has 1 aliphatic heterocycles. The molecule has 0 aromatic carbocycles. The third-order valence-electron chi connectivity index (χ3n) is 2.30. The Balaban J connectivity index is 0.00000196. The van der Waals surface area contributed by atoms with Crippen LogP contribution in [0.4, 0.5) is 0 Å². The van der Waals surface area contributed by atoms with Crippen molar-refractivity contribution < 1.29 is 19.8 Å².